The van der Waals surface area contributed by atoms with Crippen LogP contribution in [-0.2, 0) is 0 Å². The topological polar surface area (TPSA) is 48.1 Å². The Hall–Kier alpha value is -0.160. The molecule has 4 heteroatoms. The summed E-state index contributed by atoms with van der Waals surface area (Å²) >= 11 is 0. The van der Waals surface area contributed by atoms with Gasteiger partial charge < -0.3 is 21.3 Å². The van der Waals surface area contributed by atoms with E-state index in [-0.39, 0.29) is 11.1 Å². The molecule has 0 radical (unpaired) electrons. The van der Waals surface area contributed by atoms with Gasteiger partial charge in [0.05, 0.1) is 0 Å². The van der Waals surface area contributed by atoms with Crippen LogP contribution >= 0.6 is 0 Å². The molecule has 0 aromatic rings. The van der Waals surface area contributed by atoms with Crippen molar-refractivity contribution in [2.45, 2.75) is 84.0 Å². The van der Waals surface area contributed by atoms with Crippen LogP contribution < -0.4 is 21.3 Å². The van der Waals surface area contributed by atoms with E-state index in [4.69, 9.17) is 0 Å². The molecule has 1 rings (SSSR count). The molecule has 1 aliphatic rings. The zero-order chi connectivity index (χ0) is 15.9. The summed E-state index contributed by atoms with van der Waals surface area (Å²) in [7, 11) is 0. The zero-order valence-electron chi connectivity index (χ0n) is 15.1. The summed E-state index contributed by atoms with van der Waals surface area (Å²) < 4.78 is 0. The van der Waals surface area contributed by atoms with E-state index in [0.29, 0.717) is 12.1 Å². The highest BCUT2D eigenvalue weighted by Crippen LogP contribution is 2.13. The summed E-state index contributed by atoms with van der Waals surface area (Å²) in [5.74, 6) is 0. The molecule has 0 bridgehead atoms. The second-order valence-corrected chi connectivity index (χ2v) is 8.09. The second kappa shape index (κ2) is 8.47. The van der Waals surface area contributed by atoms with E-state index in [1.165, 1.54) is 6.42 Å². The van der Waals surface area contributed by atoms with E-state index in [0.717, 1.165) is 39.0 Å². The van der Waals surface area contributed by atoms with Gasteiger partial charge in [0.1, 0.15) is 0 Å². The summed E-state index contributed by atoms with van der Waals surface area (Å²) in [6, 6.07) is 1.09. The van der Waals surface area contributed by atoms with Crippen molar-refractivity contribution in [3.05, 3.63) is 0 Å². The second-order valence-electron chi connectivity index (χ2n) is 8.09. The third kappa shape index (κ3) is 8.77. The maximum absolute atomic E-state index is 3.69. The SMILES string of the molecule is C[C@@H]1CC(C)(C)NCCCN[C@H](C)CC(C)(C)NCCN1. The van der Waals surface area contributed by atoms with Crippen molar-refractivity contribution in [3.8, 4) is 0 Å². The molecule has 1 heterocycles. The van der Waals surface area contributed by atoms with Crippen molar-refractivity contribution in [1.82, 2.24) is 21.3 Å². The number of rotatable bonds is 0. The fraction of sp³-hybridized carbons (Fsp3) is 1.00. The van der Waals surface area contributed by atoms with Crippen LogP contribution in [0.4, 0.5) is 0 Å². The first kappa shape index (κ1) is 18.9. The van der Waals surface area contributed by atoms with Gasteiger partial charge in [-0.05, 0) is 73.9 Å². The van der Waals surface area contributed by atoms with Crippen molar-refractivity contribution in [2.75, 3.05) is 26.2 Å². The van der Waals surface area contributed by atoms with Crippen LogP contribution in [0.25, 0.3) is 0 Å². The molecular weight excluding hydrogens is 260 g/mol. The van der Waals surface area contributed by atoms with E-state index < -0.39 is 0 Å². The van der Waals surface area contributed by atoms with Gasteiger partial charge in [-0.15, -0.1) is 0 Å². The molecule has 0 spiro atoms. The highest BCUT2D eigenvalue weighted by atomic mass is 15.0. The molecular formula is C17H38N4. The van der Waals surface area contributed by atoms with Crippen LogP contribution in [0.1, 0.15) is 60.8 Å². The van der Waals surface area contributed by atoms with Crippen LogP contribution in [0.3, 0.4) is 0 Å². The minimum absolute atomic E-state index is 0.190. The van der Waals surface area contributed by atoms with E-state index in [1.54, 1.807) is 0 Å². The van der Waals surface area contributed by atoms with Crippen LogP contribution in [0, 0.1) is 0 Å². The number of hydrogen-bond acceptors (Lipinski definition) is 4. The molecule has 0 unspecified atom stereocenters. The molecule has 1 fully saturated rings. The van der Waals surface area contributed by atoms with Gasteiger partial charge in [-0.3, -0.25) is 0 Å². The van der Waals surface area contributed by atoms with Gasteiger partial charge in [-0.2, -0.15) is 0 Å². The predicted molar refractivity (Wildman–Crippen MR) is 92.9 cm³/mol. The average Bonchev–Trinajstić information content (AvgIpc) is 2.32. The standard InChI is InChI=1S/C17H38N4/c1-14-12-17(5,6)21-11-10-19-15(2)13-16(3,4)20-9-7-8-18-14/h14-15,18-21H,7-13H2,1-6H3/t14-,15-/m1/s1. The fourth-order valence-electron chi connectivity index (χ4n) is 3.40. The maximum atomic E-state index is 3.69. The molecule has 1 saturated heterocycles. The van der Waals surface area contributed by atoms with Crippen molar-refractivity contribution in [2.24, 2.45) is 0 Å². The number of nitrogens with one attached hydrogen (secondary N) is 4. The highest BCUT2D eigenvalue weighted by Gasteiger charge is 2.22. The predicted octanol–water partition coefficient (Wildman–Crippen LogP) is 1.86. The molecule has 2 atom stereocenters. The quantitative estimate of drug-likeness (QED) is 0.551. The van der Waals surface area contributed by atoms with E-state index in [2.05, 4.69) is 62.8 Å². The summed E-state index contributed by atoms with van der Waals surface area (Å²) in [6.45, 7) is 18.0. The first-order valence-electron chi connectivity index (χ1n) is 8.67. The summed E-state index contributed by atoms with van der Waals surface area (Å²) in [6.07, 6.45) is 3.49. The lowest BCUT2D eigenvalue weighted by molar-refractivity contribution is 0.309. The molecule has 21 heavy (non-hydrogen) atoms. The Bertz CT molecular complexity index is 289. The lowest BCUT2D eigenvalue weighted by Crippen LogP contribution is -2.48. The van der Waals surface area contributed by atoms with E-state index in [1.807, 2.05) is 0 Å². The Balaban J connectivity index is 2.55. The Morgan fingerprint density at radius 2 is 1.14 bits per heavy atom. The van der Waals surface area contributed by atoms with Gasteiger partial charge in [0.2, 0.25) is 0 Å². The largest absolute Gasteiger partial charge is 0.314 e. The lowest BCUT2D eigenvalue weighted by Gasteiger charge is -2.31. The Kier molecular flexibility index (Phi) is 7.62. The fourth-order valence-corrected chi connectivity index (χ4v) is 3.40. The smallest absolute Gasteiger partial charge is 0.0140 e. The van der Waals surface area contributed by atoms with Gasteiger partial charge in [-0.25, -0.2) is 0 Å². The molecule has 4 N–H and O–H groups in total. The minimum atomic E-state index is 0.190. The van der Waals surface area contributed by atoms with Crippen molar-refractivity contribution in [1.29, 1.82) is 0 Å². The molecule has 0 aromatic heterocycles. The normalized spacial score (nSPS) is 32.9. The van der Waals surface area contributed by atoms with Gasteiger partial charge in [0, 0.05) is 36.3 Å². The van der Waals surface area contributed by atoms with Crippen molar-refractivity contribution in [3.63, 3.8) is 0 Å². The molecule has 126 valence electrons. The van der Waals surface area contributed by atoms with Gasteiger partial charge in [0.15, 0.2) is 0 Å². The third-order valence-electron chi connectivity index (χ3n) is 4.30. The molecule has 0 aliphatic carbocycles. The molecule has 0 saturated carbocycles. The number of hydrogen-bond donors (Lipinski definition) is 4. The van der Waals surface area contributed by atoms with Gasteiger partial charge in [0.25, 0.3) is 0 Å². The minimum Gasteiger partial charge on any atom is -0.314 e. The van der Waals surface area contributed by atoms with Crippen LogP contribution in [-0.4, -0.2) is 49.3 Å². The molecule has 1 aliphatic heterocycles. The Labute approximate surface area is 132 Å². The summed E-state index contributed by atoms with van der Waals surface area (Å²) in [4.78, 5) is 0. The van der Waals surface area contributed by atoms with E-state index in [9.17, 15) is 0 Å². The van der Waals surface area contributed by atoms with Crippen LogP contribution in [0.5, 0.6) is 0 Å². The van der Waals surface area contributed by atoms with Gasteiger partial charge in [-0.1, -0.05) is 0 Å². The Morgan fingerprint density at radius 3 is 1.71 bits per heavy atom. The Morgan fingerprint density at radius 1 is 0.667 bits per heavy atom. The van der Waals surface area contributed by atoms with Crippen molar-refractivity contribution >= 4 is 0 Å². The van der Waals surface area contributed by atoms with Crippen LogP contribution in [0.15, 0.2) is 0 Å². The highest BCUT2D eigenvalue weighted by molar-refractivity contribution is 4.85. The summed E-state index contributed by atoms with van der Waals surface area (Å²) in [5, 5.41) is 14.7. The maximum Gasteiger partial charge on any atom is 0.0140 e. The lowest BCUT2D eigenvalue weighted by atomic mass is 9.95. The van der Waals surface area contributed by atoms with E-state index >= 15 is 0 Å². The van der Waals surface area contributed by atoms with Crippen molar-refractivity contribution < 1.29 is 0 Å². The third-order valence-corrected chi connectivity index (χ3v) is 4.30. The first-order valence-corrected chi connectivity index (χ1v) is 8.67. The first-order chi connectivity index (χ1) is 9.70. The molecule has 0 aromatic carbocycles. The zero-order valence-corrected chi connectivity index (χ0v) is 15.1. The summed E-state index contributed by atoms with van der Waals surface area (Å²) in [5.41, 5.74) is 0.389. The molecule has 0 amide bonds. The van der Waals surface area contributed by atoms with Gasteiger partial charge >= 0.3 is 0 Å². The monoisotopic (exact) mass is 298 g/mol. The molecule has 4 nitrogen and oxygen atoms in total. The average molecular weight is 299 g/mol. The van der Waals surface area contributed by atoms with Crippen LogP contribution in [0.2, 0.25) is 0 Å².